The molecule has 34 heavy (non-hydrogen) atoms. The van der Waals surface area contributed by atoms with Crippen molar-refractivity contribution in [2.75, 3.05) is 6.61 Å². The number of ether oxygens (including phenoxy) is 2. The predicted molar refractivity (Wildman–Crippen MR) is 130 cm³/mol. The van der Waals surface area contributed by atoms with Gasteiger partial charge in [0.25, 0.3) is 5.91 Å². The molecule has 1 N–H and O–H groups in total. The van der Waals surface area contributed by atoms with Crippen molar-refractivity contribution >= 4 is 33.9 Å². The molecule has 6 nitrogen and oxygen atoms in total. The second kappa shape index (κ2) is 10.5. The number of nitrogens with zero attached hydrogens (tertiary/aromatic N) is 1. The van der Waals surface area contributed by atoms with Gasteiger partial charge < -0.3 is 14.8 Å². The van der Waals surface area contributed by atoms with E-state index in [1.807, 2.05) is 37.3 Å². The minimum absolute atomic E-state index is 0.170. The number of hydrogen-bond acceptors (Lipinski definition) is 4. The highest BCUT2D eigenvalue weighted by molar-refractivity contribution is 9.10. The van der Waals surface area contributed by atoms with Crippen LogP contribution < -0.4 is 14.8 Å². The van der Waals surface area contributed by atoms with Crippen molar-refractivity contribution in [2.24, 2.45) is 0 Å². The third kappa shape index (κ3) is 5.46. The lowest BCUT2D eigenvalue weighted by atomic mass is 10.1. The maximum Gasteiger partial charge on any atom is 0.329 e. The summed E-state index contributed by atoms with van der Waals surface area (Å²) in [6.45, 7) is 2.68. The van der Waals surface area contributed by atoms with Crippen LogP contribution in [0.15, 0.2) is 76.9 Å². The van der Waals surface area contributed by atoms with Crippen LogP contribution in [0.1, 0.15) is 23.6 Å². The quantitative estimate of drug-likeness (QED) is 0.305. The molecule has 8 heteroatoms. The fraction of sp³-hybridized carbons (Fsp3) is 0.154. The highest BCUT2D eigenvalue weighted by Crippen LogP contribution is 2.35. The Morgan fingerprint density at radius 1 is 0.971 bits per heavy atom. The first-order chi connectivity index (χ1) is 16.4. The lowest BCUT2D eigenvalue weighted by Gasteiger charge is -2.14. The van der Waals surface area contributed by atoms with Crippen molar-refractivity contribution < 1.29 is 23.5 Å². The zero-order valence-electron chi connectivity index (χ0n) is 18.4. The van der Waals surface area contributed by atoms with Crippen LogP contribution in [0.3, 0.4) is 0 Å². The zero-order chi connectivity index (χ0) is 24.1. The molecule has 0 radical (unpaired) electrons. The third-order valence-corrected chi connectivity index (χ3v) is 5.80. The molecule has 1 aliphatic rings. The molecule has 0 unspecified atom stereocenters. The first-order valence-corrected chi connectivity index (χ1v) is 11.5. The zero-order valence-corrected chi connectivity index (χ0v) is 20.0. The van der Waals surface area contributed by atoms with Crippen molar-refractivity contribution in [3.63, 3.8) is 0 Å². The molecular weight excluding hydrogens is 503 g/mol. The molecule has 4 rings (SSSR count). The third-order valence-electron chi connectivity index (χ3n) is 5.12. The van der Waals surface area contributed by atoms with Crippen molar-refractivity contribution in [2.45, 2.75) is 20.1 Å². The monoisotopic (exact) mass is 524 g/mol. The predicted octanol–water partition coefficient (Wildman–Crippen LogP) is 5.66. The van der Waals surface area contributed by atoms with E-state index in [0.29, 0.717) is 28.1 Å². The number of halogens is 2. The molecule has 1 aliphatic heterocycles. The molecular formula is C26H22BrFN2O4. The van der Waals surface area contributed by atoms with Gasteiger partial charge in [0.05, 0.1) is 13.2 Å². The van der Waals surface area contributed by atoms with E-state index in [4.69, 9.17) is 9.47 Å². The standard InChI is InChI=1S/C26H22BrFN2O4/c1-2-33-23-13-19(21(27)14-24(23)34-16-18-8-10-20(28)11-9-18)12-22-25(31)30(26(32)29-22)15-17-6-4-3-5-7-17/h3-14H,2,15-16H2,1H3,(H,29,32)/b22-12+. The van der Waals surface area contributed by atoms with Gasteiger partial charge in [-0.05, 0) is 54.0 Å². The topological polar surface area (TPSA) is 67.9 Å². The lowest BCUT2D eigenvalue weighted by Crippen LogP contribution is -2.30. The van der Waals surface area contributed by atoms with E-state index in [1.165, 1.54) is 17.0 Å². The first-order valence-electron chi connectivity index (χ1n) is 10.7. The first kappa shape index (κ1) is 23.5. The Morgan fingerprint density at radius 2 is 1.68 bits per heavy atom. The molecule has 3 aromatic carbocycles. The Bertz CT molecular complexity index is 1230. The second-order valence-corrected chi connectivity index (χ2v) is 8.39. The van der Waals surface area contributed by atoms with Gasteiger partial charge in [-0.3, -0.25) is 9.69 Å². The van der Waals surface area contributed by atoms with Crippen molar-refractivity contribution in [3.8, 4) is 11.5 Å². The van der Waals surface area contributed by atoms with Crippen LogP contribution in [0, 0.1) is 5.82 Å². The second-order valence-electron chi connectivity index (χ2n) is 7.53. The van der Waals surface area contributed by atoms with E-state index in [-0.39, 0.29) is 24.7 Å². The van der Waals surface area contributed by atoms with Gasteiger partial charge in [-0.15, -0.1) is 0 Å². The number of carbonyl (C=O) groups is 2. The molecule has 0 bridgehead atoms. The number of urea groups is 1. The molecule has 1 fully saturated rings. The molecule has 174 valence electrons. The van der Waals surface area contributed by atoms with Crippen LogP contribution >= 0.6 is 15.9 Å². The largest absolute Gasteiger partial charge is 0.490 e. The summed E-state index contributed by atoms with van der Waals surface area (Å²) in [7, 11) is 0. The van der Waals surface area contributed by atoms with Crippen molar-refractivity contribution in [1.29, 1.82) is 0 Å². The van der Waals surface area contributed by atoms with Gasteiger partial charge in [0, 0.05) is 4.47 Å². The fourth-order valence-corrected chi connectivity index (χ4v) is 3.86. The number of rotatable bonds is 8. The smallest absolute Gasteiger partial charge is 0.329 e. The summed E-state index contributed by atoms with van der Waals surface area (Å²) in [5.74, 6) is 0.260. The van der Waals surface area contributed by atoms with E-state index in [2.05, 4.69) is 21.2 Å². The van der Waals surface area contributed by atoms with Crippen LogP contribution in [0.5, 0.6) is 11.5 Å². The van der Waals surface area contributed by atoms with Crippen LogP contribution in [-0.2, 0) is 17.9 Å². The molecule has 1 saturated heterocycles. The van der Waals surface area contributed by atoms with E-state index in [1.54, 1.807) is 30.3 Å². The number of carbonyl (C=O) groups excluding carboxylic acids is 2. The average molecular weight is 525 g/mol. The minimum Gasteiger partial charge on any atom is -0.490 e. The van der Waals surface area contributed by atoms with Gasteiger partial charge in [-0.1, -0.05) is 58.4 Å². The van der Waals surface area contributed by atoms with Crippen LogP contribution in [-0.4, -0.2) is 23.4 Å². The van der Waals surface area contributed by atoms with Crippen molar-refractivity contribution in [3.05, 3.63) is 99.4 Å². The number of amides is 3. The Kier molecular flexibility index (Phi) is 7.27. The van der Waals surface area contributed by atoms with E-state index >= 15 is 0 Å². The number of benzene rings is 3. The summed E-state index contributed by atoms with van der Waals surface area (Å²) in [6, 6.07) is 18.4. The summed E-state index contributed by atoms with van der Waals surface area (Å²) in [6.07, 6.45) is 1.60. The van der Waals surface area contributed by atoms with Gasteiger partial charge in [0.15, 0.2) is 11.5 Å². The molecule has 0 atom stereocenters. The van der Waals surface area contributed by atoms with Gasteiger partial charge >= 0.3 is 6.03 Å². The van der Waals surface area contributed by atoms with Crippen LogP contribution in [0.2, 0.25) is 0 Å². The normalized spacial score (nSPS) is 14.4. The van der Waals surface area contributed by atoms with E-state index < -0.39 is 11.9 Å². The summed E-state index contributed by atoms with van der Waals surface area (Å²) in [5, 5.41) is 2.64. The van der Waals surface area contributed by atoms with Gasteiger partial charge in [-0.25, -0.2) is 9.18 Å². The summed E-state index contributed by atoms with van der Waals surface area (Å²) < 4.78 is 25.4. The summed E-state index contributed by atoms with van der Waals surface area (Å²) in [4.78, 5) is 26.5. The fourth-order valence-electron chi connectivity index (χ4n) is 3.42. The Labute approximate surface area is 205 Å². The highest BCUT2D eigenvalue weighted by atomic mass is 79.9. The average Bonchev–Trinajstić information content (AvgIpc) is 3.09. The minimum atomic E-state index is -0.472. The number of imide groups is 1. The summed E-state index contributed by atoms with van der Waals surface area (Å²) in [5.41, 5.74) is 2.48. The van der Waals surface area contributed by atoms with Gasteiger partial charge in [0.2, 0.25) is 0 Å². The Hall–Kier alpha value is -3.65. The highest BCUT2D eigenvalue weighted by Gasteiger charge is 2.33. The maximum absolute atomic E-state index is 13.1. The molecule has 0 aliphatic carbocycles. The summed E-state index contributed by atoms with van der Waals surface area (Å²) >= 11 is 3.51. The Morgan fingerprint density at radius 3 is 2.38 bits per heavy atom. The van der Waals surface area contributed by atoms with Crippen LogP contribution in [0.25, 0.3) is 6.08 Å². The molecule has 3 amide bonds. The van der Waals surface area contributed by atoms with E-state index in [0.717, 1.165) is 11.1 Å². The SMILES string of the molecule is CCOc1cc(/C=C2/NC(=O)N(Cc3ccccc3)C2=O)c(Br)cc1OCc1ccc(F)cc1. The number of nitrogens with one attached hydrogen (secondary N) is 1. The van der Waals surface area contributed by atoms with Crippen LogP contribution in [0.4, 0.5) is 9.18 Å². The Balaban J connectivity index is 1.55. The maximum atomic E-state index is 13.1. The number of hydrogen-bond donors (Lipinski definition) is 1. The molecule has 1 heterocycles. The molecule has 3 aromatic rings. The lowest BCUT2D eigenvalue weighted by molar-refractivity contribution is -0.123. The van der Waals surface area contributed by atoms with Gasteiger partial charge in [-0.2, -0.15) is 0 Å². The molecule has 0 spiro atoms. The van der Waals surface area contributed by atoms with Gasteiger partial charge in [0.1, 0.15) is 18.1 Å². The van der Waals surface area contributed by atoms with E-state index in [9.17, 15) is 14.0 Å². The molecule has 0 aromatic heterocycles. The van der Waals surface area contributed by atoms with Crippen molar-refractivity contribution in [1.82, 2.24) is 10.2 Å². The molecule has 0 saturated carbocycles.